The molecule has 3 rings (SSSR count). The van der Waals surface area contributed by atoms with Gasteiger partial charge >= 0.3 is 0 Å². The van der Waals surface area contributed by atoms with Gasteiger partial charge in [0.05, 0.1) is 0 Å². The Morgan fingerprint density at radius 2 is 1.91 bits per heavy atom. The average molecular weight is 323 g/mol. The highest BCUT2D eigenvalue weighted by molar-refractivity contribution is 7.86. The number of rotatable bonds is 5. The predicted octanol–water partition coefficient (Wildman–Crippen LogP) is 1.58. The lowest BCUT2D eigenvalue weighted by molar-refractivity contribution is 0.290. The number of nitrogens with zero attached hydrogens (tertiary/aromatic N) is 2. The van der Waals surface area contributed by atoms with Crippen molar-refractivity contribution >= 4 is 10.2 Å². The predicted molar refractivity (Wildman–Crippen MR) is 87.6 cm³/mol. The molecule has 0 aliphatic carbocycles. The summed E-state index contributed by atoms with van der Waals surface area (Å²) in [7, 11) is -3.40. The largest absolute Gasteiger partial charge is 0.315 e. The van der Waals surface area contributed by atoms with Gasteiger partial charge in [0.1, 0.15) is 0 Å². The minimum Gasteiger partial charge on any atom is -0.315 e. The molecule has 5 nitrogen and oxygen atoms in total. The van der Waals surface area contributed by atoms with E-state index in [-0.39, 0.29) is 12.1 Å². The van der Waals surface area contributed by atoms with Gasteiger partial charge in [0.2, 0.25) is 0 Å². The first kappa shape index (κ1) is 15.9. The van der Waals surface area contributed by atoms with Crippen molar-refractivity contribution in [3.8, 4) is 0 Å². The van der Waals surface area contributed by atoms with E-state index in [2.05, 4.69) is 5.32 Å². The molecule has 6 heteroatoms. The Morgan fingerprint density at radius 3 is 2.64 bits per heavy atom. The average Bonchev–Trinajstić information content (AvgIpc) is 2.79. The lowest BCUT2D eigenvalue weighted by atomic mass is 10.1. The molecule has 1 N–H and O–H groups in total. The van der Waals surface area contributed by atoms with E-state index in [9.17, 15) is 8.42 Å². The molecule has 122 valence electrons. The fourth-order valence-electron chi connectivity index (χ4n) is 3.59. The van der Waals surface area contributed by atoms with E-state index >= 15 is 0 Å². The highest BCUT2D eigenvalue weighted by atomic mass is 32.2. The lowest BCUT2D eigenvalue weighted by Gasteiger charge is -2.32. The number of hydrogen-bond donors (Lipinski definition) is 1. The van der Waals surface area contributed by atoms with Gasteiger partial charge in [-0.15, -0.1) is 0 Å². The number of benzene rings is 1. The summed E-state index contributed by atoms with van der Waals surface area (Å²) in [4.78, 5) is 0. The quantitative estimate of drug-likeness (QED) is 0.895. The molecule has 2 aliphatic rings. The van der Waals surface area contributed by atoms with Gasteiger partial charge in [0, 0.05) is 31.7 Å². The fraction of sp³-hybridized carbons (Fsp3) is 0.625. The van der Waals surface area contributed by atoms with Crippen molar-refractivity contribution in [1.82, 2.24) is 13.9 Å². The Balaban J connectivity index is 1.83. The number of nitrogens with one attached hydrogen (secondary N) is 1. The van der Waals surface area contributed by atoms with Crippen molar-refractivity contribution in [3.05, 3.63) is 35.9 Å². The van der Waals surface area contributed by atoms with E-state index in [1.54, 1.807) is 8.61 Å². The highest BCUT2D eigenvalue weighted by Gasteiger charge is 2.44. The standard InChI is InChI=1S/C16H25N3O2S/c1-2-18(13-14-6-4-3-5-7-14)22(20,21)19-15-8-9-16(19)12-17-11-10-15/h3-7,15-17H,2,8-13H2,1H3. The fourth-order valence-corrected chi connectivity index (χ4v) is 5.64. The molecular weight excluding hydrogens is 298 g/mol. The van der Waals surface area contributed by atoms with E-state index in [1.165, 1.54) is 0 Å². The van der Waals surface area contributed by atoms with Crippen molar-refractivity contribution < 1.29 is 8.42 Å². The van der Waals surface area contributed by atoms with Crippen LogP contribution in [0.2, 0.25) is 0 Å². The smallest absolute Gasteiger partial charge is 0.282 e. The normalized spacial score (nSPS) is 26.3. The van der Waals surface area contributed by atoms with Crippen LogP contribution in [-0.4, -0.2) is 48.7 Å². The van der Waals surface area contributed by atoms with Crippen LogP contribution in [0.15, 0.2) is 30.3 Å². The van der Waals surface area contributed by atoms with E-state index in [1.807, 2.05) is 37.3 Å². The first-order chi connectivity index (χ1) is 10.6. The topological polar surface area (TPSA) is 52.7 Å². The highest BCUT2D eigenvalue weighted by Crippen LogP contribution is 2.32. The van der Waals surface area contributed by atoms with E-state index in [0.29, 0.717) is 13.1 Å². The molecule has 2 atom stereocenters. The Kier molecular flexibility index (Phi) is 4.82. The van der Waals surface area contributed by atoms with Crippen molar-refractivity contribution in [2.75, 3.05) is 19.6 Å². The van der Waals surface area contributed by atoms with Gasteiger partial charge in [-0.1, -0.05) is 37.3 Å². The Hall–Kier alpha value is -0.950. The van der Waals surface area contributed by atoms with Crippen molar-refractivity contribution in [2.45, 2.75) is 44.8 Å². The summed E-state index contributed by atoms with van der Waals surface area (Å²) in [6, 6.07) is 10.1. The molecule has 2 saturated heterocycles. The summed E-state index contributed by atoms with van der Waals surface area (Å²) in [6.45, 7) is 4.55. The summed E-state index contributed by atoms with van der Waals surface area (Å²) in [5.41, 5.74) is 1.04. The molecule has 2 unspecified atom stereocenters. The van der Waals surface area contributed by atoms with E-state index in [0.717, 1.165) is 37.9 Å². The molecule has 0 radical (unpaired) electrons. The van der Waals surface area contributed by atoms with Crippen LogP contribution in [0.25, 0.3) is 0 Å². The lowest BCUT2D eigenvalue weighted by Crippen LogP contribution is -2.49. The molecule has 0 spiro atoms. The van der Waals surface area contributed by atoms with Gasteiger partial charge in [-0.2, -0.15) is 17.0 Å². The van der Waals surface area contributed by atoms with Gasteiger partial charge in [0.15, 0.2) is 0 Å². The van der Waals surface area contributed by atoms with Gasteiger partial charge in [-0.05, 0) is 31.4 Å². The molecule has 2 bridgehead atoms. The molecule has 0 aromatic heterocycles. The first-order valence-corrected chi connectivity index (χ1v) is 9.56. The SMILES string of the molecule is CCN(Cc1ccccc1)S(=O)(=O)N1C2CCNCC1CC2. The van der Waals surface area contributed by atoms with Crippen molar-refractivity contribution in [3.63, 3.8) is 0 Å². The summed E-state index contributed by atoms with van der Waals surface area (Å²) < 4.78 is 29.7. The molecular formula is C16H25N3O2S. The third kappa shape index (κ3) is 3.06. The third-order valence-corrected chi connectivity index (χ3v) is 6.90. The second-order valence-electron chi connectivity index (χ2n) is 6.13. The number of hydrogen-bond acceptors (Lipinski definition) is 3. The molecule has 2 fully saturated rings. The summed E-state index contributed by atoms with van der Waals surface area (Å²) in [5, 5.41) is 3.36. The second-order valence-corrected chi connectivity index (χ2v) is 7.96. The molecule has 2 heterocycles. The maximum Gasteiger partial charge on any atom is 0.282 e. The first-order valence-electron chi connectivity index (χ1n) is 8.16. The summed E-state index contributed by atoms with van der Waals surface area (Å²) >= 11 is 0. The minimum atomic E-state index is -3.40. The maximum absolute atomic E-state index is 13.2. The van der Waals surface area contributed by atoms with E-state index < -0.39 is 10.2 Å². The minimum absolute atomic E-state index is 0.113. The molecule has 2 aliphatic heterocycles. The van der Waals surface area contributed by atoms with Crippen LogP contribution in [0.3, 0.4) is 0 Å². The molecule has 1 aromatic carbocycles. The van der Waals surface area contributed by atoms with Gasteiger partial charge < -0.3 is 5.32 Å². The zero-order chi connectivity index (χ0) is 15.6. The van der Waals surface area contributed by atoms with Crippen LogP contribution >= 0.6 is 0 Å². The number of fused-ring (bicyclic) bond motifs is 2. The van der Waals surface area contributed by atoms with Crippen LogP contribution < -0.4 is 5.32 Å². The Morgan fingerprint density at radius 1 is 1.18 bits per heavy atom. The summed E-state index contributed by atoms with van der Waals surface area (Å²) in [6.07, 6.45) is 2.88. The molecule has 0 saturated carbocycles. The van der Waals surface area contributed by atoms with Crippen LogP contribution in [-0.2, 0) is 16.8 Å². The Labute approximate surface area is 133 Å². The van der Waals surface area contributed by atoms with Crippen LogP contribution in [0.4, 0.5) is 0 Å². The monoisotopic (exact) mass is 323 g/mol. The molecule has 22 heavy (non-hydrogen) atoms. The molecule has 1 aromatic rings. The van der Waals surface area contributed by atoms with Crippen LogP contribution in [0.1, 0.15) is 31.7 Å². The third-order valence-electron chi connectivity index (χ3n) is 4.73. The van der Waals surface area contributed by atoms with Gasteiger partial charge in [-0.3, -0.25) is 0 Å². The van der Waals surface area contributed by atoms with E-state index in [4.69, 9.17) is 0 Å². The van der Waals surface area contributed by atoms with Gasteiger partial charge in [-0.25, -0.2) is 0 Å². The zero-order valence-electron chi connectivity index (χ0n) is 13.1. The van der Waals surface area contributed by atoms with Crippen LogP contribution in [0.5, 0.6) is 0 Å². The maximum atomic E-state index is 13.2. The second kappa shape index (κ2) is 6.66. The van der Waals surface area contributed by atoms with Crippen molar-refractivity contribution in [2.24, 2.45) is 0 Å². The Bertz CT molecular complexity index is 577. The van der Waals surface area contributed by atoms with Crippen LogP contribution in [0, 0.1) is 0 Å². The summed E-state index contributed by atoms with van der Waals surface area (Å²) in [5.74, 6) is 0. The molecule has 0 amide bonds. The van der Waals surface area contributed by atoms with Crippen molar-refractivity contribution in [1.29, 1.82) is 0 Å². The van der Waals surface area contributed by atoms with Gasteiger partial charge in [0.25, 0.3) is 10.2 Å². The zero-order valence-corrected chi connectivity index (χ0v) is 13.9.